The van der Waals surface area contributed by atoms with Crippen LogP contribution >= 0.6 is 15.9 Å². The second-order valence-electron chi connectivity index (χ2n) is 6.01. The molecule has 1 fully saturated rings. The molecule has 0 spiro atoms. The summed E-state index contributed by atoms with van der Waals surface area (Å²) < 4.78 is 6.75. The summed E-state index contributed by atoms with van der Waals surface area (Å²) in [6, 6.07) is 7.77. The SMILES string of the molecule is CCN(CCOc1ccc(Br)cc1)C(=O)CCC1CCNCC1. The van der Waals surface area contributed by atoms with Crippen molar-refractivity contribution in [2.45, 2.75) is 32.6 Å². The van der Waals surface area contributed by atoms with E-state index < -0.39 is 0 Å². The van der Waals surface area contributed by atoms with E-state index in [1.54, 1.807) is 0 Å². The molecule has 23 heavy (non-hydrogen) atoms. The van der Waals surface area contributed by atoms with E-state index in [-0.39, 0.29) is 5.91 Å². The summed E-state index contributed by atoms with van der Waals surface area (Å²) in [7, 11) is 0. The van der Waals surface area contributed by atoms with Crippen molar-refractivity contribution in [1.82, 2.24) is 10.2 Å². The monoisotopic (exact) mass is 382 g/mol. The van der Waals surface area contributed by atoms with Gasteiger partial charge in [0, 0.05) is 17.4 Å². The van der Waals surface area contributed by atoms with Gasteiger partial charge in [0.25, 0.3) is 0 Å². The van der Waals surface area contributed by atoms with Crippen LogP contribution in [0, 0.1) is 5.92 Å². The molecular weight excluding hydrogens is 356 g/mol. The second-order valence-corrected chi connectivity index (χ2v) is 6.92. The van der Waals surface area contributed by atoms with Gasteiger partial charge in [-0.25, -0.2) is 0 Å². The van der Waals surface area contributed by atoms with E-state index in [0.717, 1.165) is 36.3 Å². The van der Waals surface area contributed by atoms with E-state index in [4.69, 9.17) is 4.74 Å². The standard InChI is InChI=1S/C18H27BrN2O2/c1-2-21(13-14-23-17-6-4-16(19)5-7-17)18(22)8-3-15-9-11-20-12-10-15/h4-7,15,20H,2-3,8-14H2,1H3. The van der Waals surface area contributed by atoms with Crippen molar-refractivity contribution in [2.75, 3.05) is 32.8 Å². The summed E-state index contributed by atoms with van der Waals surface area (Å²) in [5.74, 6) is 1.80. The minimum Gasteiger partial charge on any atom is -0.492 e. The average molecular weight is 383 g/mol. The number of nitrogens with one attached hydrogen (secondary N) is 1. The Hall–Kier alpha value is -1.07. The summed E-state index contributed by atoms with van der Waals surface area (Å²) in [4.78, 5) is 14.3. The van der Waals surface area contributed by atoms with E-state index in [0.29, 0.717) is 25.5 Å². The van der Waals surface area contributed by atoms with Crippen molar-refractivity contribution < 1.29 is 9.53 Å². The van der Waals surface area contributed by atoms with Gasteiger partial charge in [-0.3, -0.25) is 4.79 Å². The number of amides is 1. The molecule has 1 aromatic carbocycles. The highest BCUT2D eigenvalue weighted by molar-refractivity contribution is 9.10. The highest BCUT2D eigenvalue weighted by Crippen LogP contribution is 2.19. The zero-order chi connectivity index (χ0) is 16.5. The first-order valence-electron chi connectivity index (χ1n) is 8.56. The molecular formula is C18H27BrN2O2. The van der Waals surface area contributed by atoms with Gasteiger partial charge < -0.3 is 15.0 Å². The molecule has 0 unspecified atom stereocenters. The molecule has 0 bridgehead atoms. The maximum absolute atomic E-state index is 12.4. The Morgan fingerprint density at radius 1 is 1.30 bits per heavy atom. The van der Waals surface area contributed by atoms with E-state index in [1.807, 2.05) is 36.1 Å². The third kappa shape index (κ3) is 6.51. The molecule has 1 aliphatic rings. The molecule has 0 aromatic heterocycles. The Labute approximate surface area is 147 Å². The molecule has 1 saturated heterocycles. The van der Waals surface area contributed by atoms with Crippen LogP contribution in [0.25, 0.3) is 0 Å². The zero-order valence-electron chi connectivity index (χ0n) is 13.9. The minimum atomic E-state index is 0.255. The smallest absolute Gasteiger partial charge is 0.222 e. The number of nitrogens with zero attached hydrogens (tertiary/aromatic N) is 1. The van der Waals surface area contributed by atoms with Crippen molar-refractivity contribution in [1.29, 1.82) is 0 Å². The highest BCUT2D eigenvalue weighted by Gasteiger charge is 2.17. The third-order valence-electron chi connectivity index (χ3n) is 4.40. The summed E-state index contributed by atoms with van der Waals surface area (Å²) >= 11 is 3.40. The average Bonchev–Trinajstić information content (AvgIpc) is 2.59. The van der Waals surface area contributed by atoms with E-state index >= 15 is 0 Å². The number of hydrogen-bond acceptors (Lipinski definition) is 3. The first-order valence-corrected chi connectivity index (χ1v) is 9.35. The van der Waals surface area contributed by atoms with Crippen LogP contribution in [0.4, 0.5) is 0 Å². The molecule has 0 radical (unpaired) electrons. The fourth-order valence-corrected chi connectivity index (χ4v) is 3.18. The Bertz CT molecular complexity index is 472. The van der Waals surface area contributed by atoms with Crippen LogP contribution in [0.3, 0.4) is 0 Å². The van der Waals surface area contributed by atoms with Gasteiger partial charge in [-0.1, -0.05) is 15.9 Å². The Kier molecular flexibility index (Phi) is 7.89. The predicted molar refractivity (Wildman–Crippen MR) is 96.7 cm³/mol. The lowest BCUT2D eigenvalue weighted by molar-refractivity contribution is -0.131. The fraction of sp³-hybridized carbons (Fsp3) is 0.611. The van der Waals surface area contributed by atoms with E-state index in [1.165, 1.54) is 12.8 Å². The lowest BCUT2D eigenvalue weighted by Crippen LogP contribution is -2.35. The van der Waals surface area contributed by atoms with Crippen LogP contribution in [0.1, 0.15) is 32.6 Å². The van der Waals surface area contributed by atoms with Crippen molar-refractivity contribution in [3.63, 3.8) is 0 Å². The maximum atomic E-state index is 12.4. The predicted octanol–water partition coefficient (Wildman–Crippen LogP) is 3.46. The van der Waals surface area contributed by atoms with Gasteiger partial charge in [0.1, 0.15) is 12.4 Å². The normalized spacial score (nSPS) is 15.4. The Balaban J connectivity index is 1.68. The van der Waals surface area contributed by atoms with Crippen molar-refractivity contribution in [2.24, 2.45) is 5.92 Å². The number of carbonyl (C=O) groups excluding carboxylic acids is 1. The molecule has 0 saturated carbocycles. The molecule has 0 atom stereocenters. The van der Waals surface area contributed by atoms with Crippen molar-refractivity contribution >= 4 is 21.8 Å². The lowest BCUT2D eigenvalue weighted by atomic mass is 9.93. The molecule has 128 valence electrons. The molecule has 5 heteroatoms. The number of carbonyl (C=O) groups is 1. The number of benzene rings is 1. The topological polar surface area (TPSA) is 41.6 Å². The van der Waals surface area contributed by atoms with Crippen LogP contribution < -0.4 is 10.1 Å². The van der Waals surface area contributed by atoms with Crippen molar-refractivity contribution in [3.8, 4) is 5.75 Å². The summed E-state index contributed by atoms with van der Waals surface area (Å²) in [6.07, 6.45) is 4.08. The van der Waals surface area contributed by atoms with Gasteiger partial charge in [-0.2, -0.15) is 0 Å². The van der Waals surface area contributed by atoms with Gasteiger partial charge in [0.2, 0.25) is 5.91 Å². The molecule has 1 amide bonds. The summed E-state index contributed by atoms with van der Waals surface area (Å²) in [6.45, 7) is 6.15. The van der Waals surface area contributed by atoms with Gasteiger partial charge >= 0.3 is 0 Å². The molecule has 0 aliphatic carbocycles. The van der Waals surface area contributed by atoms with E-state index in [9.17, 15) is 4.79 Å². The third-order valence-corrected chi connectivity index (χ3v) is 4.93. The number of rotatable bonds is 8. The van der Waals surface area contributed by atoms with Crippen LogP contribution in [0.2, 0.25) is 0 Å². The minimum absolute atomic E-state index is 0.255. The summed E-state index contributed by atoms with van der Waals surface area (Å²) in [5, 5.41) is 3.37. The molecule has 1 heterocycles. The number of ether oxygens (including phenoxy) is 1. The number of hydrogen-bond donors (Lipinski definition) is 1. The van der Waals surface area contributed by atoms with Crippen LogP contribution in [-0.2, 0) is 4.79 Å². The van der Waals surface area contributed by atoms with Gasteiger partial charge in [-0.05, 0) is 69.5 Å². The van der Waals surface area contributed by atoms with Crippen LogP contribution in [0.5, 0.6) is 5.75 Å². The zero-order valence-corrected chi connectivity index (χ0v) is 15.5. The molecule has 4 nitrogen and oxygen atoms in total. The summed E-state index contributed by atoms with van der Waals surface area (Å²) in [5.41, 5.74) is 0. The fourth-order valence-electron chi connectivity index (χ4n) is 2.92. The molecule has 1 aliphatic heterocycles. The Morgan fingerprint density at radius 2 is 2.00 bits per heavy atom. The second kappa shape index (κ2) is 9.93. The molecule has 1 N–H and O–H groups in total. The first-order chi connectivity index (χ1) is 11.2. The number of halogens is 1. The van der Waals surface area contributed by atoms with Gasteiger partial charge in [0.05, 0.1) is 6.54 Å². The lowest BCUT2D eigenvalue weighted by Gasteiger charge is -2.25. The number of piperidine rings is 1. The molecule has 1 aromatic rings. The Morgan fingerprint density at radius 3 is 2.65 bits per heavy atom. The highest BCUT2D eigenvalue weighted by atomic mass is 79.9. The van der Waals surface area contributed by atoms with E-state index in [2.05, 4.69) is 21.2 Å². The molecule has 2 rings (SSSR count). The first kappa shape index (κ1) is 18.3. The largest absolute Gasteiger partial charge is 0.492 e. The maximum Gasteiger partial charge on any atom is 0.222 e. The van der Waals surface area contributed by atoms with Gasteiger partial charge in [-0.15, -0.1) is 0 Å². The number of likely N-dealkylation sites (N-methyl/N-ethyl adjacent to an activating group) is 1. The van der Waals surface area contributed by atoms with Crippen LogP contribution in [-0.4, -0.2) is 43.6 Å². The van der Waals surface area contributed by atoms with Crippen LogP contribution in [0.15, 0.2) is 28.7 Å². The van der Waals surface area contributed by atoms with Gasteiger partial charge in [0.15, 0.2) is 0 Å². The van der Waals surface area contributed by atoms with Crippen molar-refractivity contribution in [3.05, 3.63) is 28.7 Å². The quantitative estimate of drug-likeness (QED) is 0.748.